The Morgan fingerprint density at radius 2 is 2.05 bits per heavy atom. The normalized spacial score (nSPS) is 16.4. The summed E-state index contributed by atoms with van der Waals surface area (Å²) in [5.41, 5.74) is 3.18. The van der Waals surface area contributed by atoms with Gasteiger partial charge in [0, 0.05) is 39.2 Å². The van der Waals surface area contributed by atoms with Crippen LogP contribution in [0.3, 0.4) is 0 Å². The highest BCUT2D eigenvalue weighted by molar-refractivity contribution is 6.31. The number of anilines is 1. The third-order valence-corrected chi connectivity index (χ3v) is 7.17. The van der Waals surface area contributed by atoms with E-state index in [9.17, 15) is 15.1 Å². The minimum atomic E-state index is -1.62. The number of nitrogens with one attached hydrogen (secondary N) is 2. The molecule has 202 valence electrons. The monoisotopic (exact) mass is 558 g/mol. The maximum atomic E-state index is 13.5. The van der Waals surface area contributed by atoms with Crippen molar-refractivity contribution in [2.24, 2.45) is 0 Å². The summed E-state index contributed by atoms with van der Waals surface area (Å²) in [6.07, 6.45) is 5.58. The first-order valence-electron chi connectivity index (χ1n) is 12.4. The number of carbonyl (C=O) groups is 1. The number of rotatable bonds is 5. The van der Waals surface area contributed by atoms with E-state index < -0.39 is 11.7 Å². The molecule has 0 aliphatic heterocycles. The highest BCUT2D eigenvalue weighted by Gasteiger charge is 2.46. The number of nitrogens with zero attached hydrogens (tertiary/aromatic N) is 6. The number of H-pyrrole nitrogens is 1. The van der Waals surface area contributed by atoms with Gasteiger partial charge in [-0.1, -0.05) is 23.7 Å². The standard InChI is InChI=1S/C27H23ClN8O4/c1-40-26(37)31-20-7-4-16(5-8-20)22-13-29-25(32-22)27(38)10-2-3-17-11-18(14-36(39)24(17)27)21-12-19(28)6-9-23(21)35-15-30-33-34-35/h4-9,11-15,38H,2-3,10H2,1H3,(H,29,32)(H,31,37). The number of amides is 1. The van der Waals surface area contributed by atoms with Gasteiger partial charge in [-0.15, -0.1) is 5.10 Å². The van der Waals surface area contributed by atoms with Gasteiger partial charge in [0.25, 0.3) is 0 Å². The Morgan fingerprint density at radius 3 is 2.80 bits per heavy atom. The molecule has 3 N–H and O–H groups in total. The van der Waals surface area contributed by atoms with Crippen molar-refractivity contribution in [1.82, 2.24) is 30.2 Å². The first-order valence-corrected chi connectivity index (χ1v) is 12.8. The van der Waals surface area contributed by atoms with Crippen molar-refractivity contribution in [3.8, 4) is 28.1 Å². The van der Waals surface area contributed by atoms with Crippen molar-refractivity contribution < 1.29 is 19.4 Å². The summed E-state index contributed by atoms with van der Waals surface area (Å²) in [5.74, 6) is 0.273. The van der Waals surface area contributed by atoms with E-state index in [0.29, 0.717) is 62.8 Å². The molecule has 1 amide bonds. The molecule has 0 fully saturated rings. The molecule has 1 aliphatic rings. The van der Waals surface area contributed by atoms with Crippen molar-refractivity contribution in [3.05, 3.63) is 94.6 Å². The summed E-state index contributed by atoms with van der Waals surface area (Å²) in [7, 11) is 1.29. The molecule has 3 aromatic heterocycles. The Labute approximate surface area is 232 Å². The Kier molecular flexibility index (Phi) is 6.40. The zero-order valence-corrected chi connectivity index (χ0v) is 22.0. The zero-order valence-electron chi connectivity index (χ0n) is 21.2. The maximum absolute atomic E-state index is 13.5. The number of benzene rings is 2. The van der Waals surface area contributed by atoms with Crippen LogP contribution in [0.25, 0.3) is 28.1 Å². The number of ether oxygens (including phenoxy) is 1. The van der Waals surface area contributed by atoms with E-state index in [0.717, 1.165) is 5.56 Å². The molecule has 12 nitrogen and oxygen atoms in total. The molecule has 1 aliphatic carbocycles. The van der Waals surface area contributed by atoms with Crippen molar-refractivity contribution in [1.29, 1.82) is 0 Å². The van der Waals surface area contributed by atoms with E-state index in [-0.39, 0.29) is 11.5 Å². The van der Waals surface area contributed by atoms with Gasteiger partial charge >= 0.3 is 6.09 Å². The van der Waals surface area contributed by atoms with Crippen LogP contribution < -0.4 is 10.0 Å². The lowest BCUT2D eigenvalue weighted by Crippen LogP contribution is -2.47. The SMILES string of the molecule is COC(=O)Nc1ccc(-c2c[nH]c(C3(O)CCCc4cc(-c5cc(Cl)ccc5-n5cnnn5)c[n+]([O-])c43)n2)cc1. The van der Waals surface area contributed by atoms with Gasteiger partial charge in [0.15, 0.2) is 6.20 Å². The molecule has 0 saturated carbocycles. The van der Waals surface area contributed by atoms with Gasteiger partial charge in [0.2, 0.25) is 11.3 Å². The number of methoxy groups -OCH3 is 1. The van der Waals surface area contributed by atoms with E-state index in [4.69, 9.17) is 11.6 Å². The number of aryl methyl sites for hydroxylation is 1. The molecule has 2 aromatic carbocycles. The number of hydrogen-bond donors (Lipinski definition) is 3. The van der Waals surface area contributed by atoms with E-state index in [1.807, 2.05) is 6.07 Å². The molecule has 0 saturated heterocycles. The predicted octanol–water partition coefficient (Wildman–Crippen LogP) is 3.76. The summed E-state index contributed by atoms with van der Waals surface area (Å²) in [6.45, 7) is 0. The van der Waals surface area contributed by atoms with Crippen LogP contribution in [0.4, 0.5) is 10.5 Å². The molecule has 0 bridgehead atoms. The fourth-order valence-corrected chi connectivity index (χ4v) is 5.25. The molecule has 5 aromatic rings. The number of pyridine rings is 1. The third-order valence-electron chi connectivity index (χ3n) is 6.93. The predicted molar refractivity (Wildman–Crippen MR) is 145 cm³/mol. The number of aliphatic hydroxyl groups is 1. The molecule has 0 radical (unpaired) electrons. The van der Waals surface area contributed by atoms with Gasteiger partial charge < -0.3 is 20.0 Å². The molecular weight excluding hydrogens is 536 g/mol. The Bertz CT molecular complexity index is 1700. The lowest BCUT2D eigenvalue weighted by Gasteiger charge is -2.30. The number of imidazole rings is 1. The third kappa shape index (κ3) is 4.52. The lowest BCUT2D eigenvalue weighted by atomic mass is 9.81. The maximum Gasteiger partial charge on any atom is 0.411 e. The van der Waals surface area contributed by atoms with Crippen molar-refractivity contribution >= 4 is 23.4 Å². The second-order valence-corrected chi connectivity index (χ2v) is 9.82. The van der Waals surface area contributed by atoms with Crippen LogP contribution in [0.5, 0.6) is 0 Å². The highest BCUT2D eigenvalue weighted by Crippen LogP contribution is 2.40. The van der Waals surface area contributed by atoms with Gasteiger partial charge in [0.1, 0.15) is 12.2 Å². The van der Waals surface area contributed by atoms with E-state index in [2.05, 4.69) is 35.5 Å². The average Bonchev–Trinajstić information content (AvgIpc) is 3.67. The highest BCUT2D eigenvalue weighted by atomic mass is 35.5. The zero-order chi connectivity index (χ0) is 27.9. The summed E-state index contributed by atoms with van der Waals surface area (Å²) in [4.78, 5) is 19.2. The summed E-state index contributed by atoms with van der Waals surface area (Å²) >= 11 is 6.30. The van der Waals surface area contributed by atoms with Crippen LogP contribution in [0.15, 0.2) is 67.3 Å². The summed E-state index contributed by atoms with van der Waals surface area (Å²) in [6, 6.07) is 14.2. The van der Waals surface area contributed by atoms with E-state index in [1.54, 1.807) is 48.7 Å². The van der Waals surface area contributed by atoms with Crippen LogP contribution in [0.2, 0.25) is 5.02 Å². The molecule has 1 atom stereocenters. The molecule has 6 rings (SSSR count). The van der Waals surface area contributed by atoms with Crippen molar-refractivity contribution in [2.75, 3.05) is 12.4 Å². The quantitative estimate of drug-likeness (QED) is 0.217. The molecule has 3 heterocycles. The number of halogens is 1. The topological polar surface area (TPSA) is 158 Å². The van der Waals surface area contributed by atoms with Gasteiger partial charge in [-0.25, -0.2) is 9.78 Å². The largest absolute Gasteiger partial charge is 0.618 e. The minimum Gasteiger partial charge on any atom is -0.618 e. The first-order chi connectivity index (χ1) is 19.4. The smallest absolute Gasteiger partial charge is 0.411 e. The van der Waals surface area contributed by atoms with Gasteiger partial charge in [-0.2, -0.15) is 9.41 Å². The fourth-order valence-electron chi connectivity index (χ4n) is 5.08. The van der Waals surface area contributed by atoms with Gasteiger partial charge in [0.05, 0.1) is 18.5 Å². The van der Waals surface area contributed by atoms with Gasteiger partial charge in [-0.05, 0) is 66.1 Å². The number of hydrogen-bond acceptors (Lipinski definition) is 8. The Morgan fingerprint density at radius 1 is 1.23 bits per heavy atom. The number of tetrazole rings is 1. The second kappa shape index (κ2) is 10.1. The molecule has 40 heavy (non-hydrogen) atoms. The number of carbonyl (C=O) groups excluding carboxylic acids is 1. The fraction of sp³-hybridized carbons (Fsp3) is 0.185. The molecular formula is C27H23ClN8O4. The van der Waals surface area contributed by atoms with Crippen LogP contribution in [0.1, 0.15) is 29.9 Å². The minimum absolute atomic E-state index is 0.229. The lowest BCUT2D eigenvalue weighted by molar-refractivity contribution is -0.622. The number of fused-ring (bicyclic) bond motifs is 1. The molecule has 13 heteroatoms. The van der Waals surface area contributed by atoms with Gasteiger partial charge in [-0.3, -0.25) is 5.32 Å². The van der Waals surface area contributed by atoms with Crippen molar-refractivity contribution in [2.45, 2.75) is 24.9 Å². The molecule has 0 spiro atoms. The van der Waals surface area contributed by atoms with Crippen LogP contribution in [-0.2, 0) is 16.8 Å². The van der Waals surface area contributed by atoms with Crippen LogP contribution in [0, 0.1) is 5.21 Å². The Balaban J connectivity index is 1.36. The average molecular weight is 559 g/mol. The van der Waals surface area contributed by atoms with E-state index >= 15 is 0 Å². The van der Waals surface area contributed by atoms with Crippen LogP contribution in [-0.4, -0.2) is 48.5 Å². The number of aromatic nitrogens is 7. The molecule has 1 unspecified atom stereocenters. The summed E-state index contributed by atoms with van der Waals surface area (Å²) < 4.78 is 6.82. The Hall–Kier alpha value is -4.81. The van der Waals surface area contributed by atoms with Crippen molar-refractivity contribution in [3.63, 3.8) is 0 Å². The first kappa shape index (κ1) is 25.5. The van der Waals surface area contributed by atoms with E-state index in [1.165, 1.54) is 24.3 Å². The number of aromatic amines is 1. The van der Waals surface area contributed by atoms with Crippen LogP contribution >= 0.6 is 11.6 Å². The second-order valence-electron chi connectivity index (χ2n) is 9.39. The summed E-state index contributed by atoms with van der Waals surface area (Å²) in [5, 5.41) is 39.9.